The molecule has 5 aliphatic rings. The van der Waals surface area contributed by atoms with Crippen molar-refractivity contribution >= 4 is 10.0 Å². The minimum Gasteiger partial charge on any atom is -0.394 e. The van der Waals surface area contributed by atoms with Crippen LogP contribution in [0.1, 0.15) is 19.3 Å². The molecule has 0 amide bonds. The van der Waals surface area contributed by atoms with Crippen molar-refractivity contribution in [1.82, 2.24) is 15.4 Å². The fourth-order valence-electron chi connectivity index (χ4n) is 7.41. The molecule has 4 aliphatic heterocycles. The first-order valence-electron chi connectivity index (χ1n) is 18.3. The largest absolute Gasteiger partial charge is 0.394 e. The molecule has 54 heavy (non-hydrogen) atoms. The van der Waals surface area contributed by atoms with Crippen molar-refractivity contribution in [2.45, 2.75) is 129 Å². The van der Waals surface area contributed by atoms with Crippen molar-refractivity contribution in [2.24, 2.45) is 28.7 Å². The predicted molar refractivity (Wildman–Crippen MR) is 188 cm³/mol. The van der Waals surface area contributed by atoms with Crippen LogP contribution >= 0.6 is 0 Å². The molecule has 0 aromatic rings. The van der Waals surface area contributed by atoms with E-state index in [1.165, 1.54) is 0 Å². The van der Waals surface area contributed by atoms with Gasteiger partial charge in [0.2, 0.25) is 10.0 Å². The Morgan fingerprint density at radius 1 is 0.833 bits per heavy atom. The van der Waals surface area contributed by atoms with E-state index in [0.717, 1.165) is 0 Å². The highest BCUT2D eigenvalue weighted by Gasteiger charge is 2.54. The summed E-state index contributed by atoms with van der Waals surface area (Å²) >= 11 is 0. The van der Waals surface area contributed by atoms with Gasteiger partial charge in [-0.2, -0.15) is 0 Å². The first-order chi connectivity index (χ1) is 25.6. The second-order valence-corrected chi connectivity index (χ2v) is 16.6. The van der Waals surface area contributed by atoms with Gasteiger partial charge in [-0.1, -0.05) is 12.2 Å². The van der Waals surface area contributed by atoms with Crippen LogP contribution < -0.4 is 44.0 Å². The van der Waals surface area contributed by atoms with Crippen molar-refractivity contribution in [1.29, 1.82) is 0 Å². The number of piperidine rings is 1. The van der Waals surface area contributed by atoms with Crippen LogP contribution in [0.2, 0.25) is 0 Å². The van der Waals surface area contributed by atoms with E-state index in [9.17, 15) is 39.1 Å². The van der Waals surface area contributed by atoms with Gasteiger partial charge >= 0.3 is 0 Å². The van der Waals surface area contributed by atoms with Gasteiger partial charge < -0.3 is 98.4 Å². The zero-order valence-corrected chi connectivity index (χ0v) is 30.8. The fourth-order valence-corrected chi connectivity index (χ4v) is 8.53. The summed E-state index contributed by atoms with van der Waals surface area (Å²) in [6.45, 7) is 1.00. The number of sulfonamides is 1. The number of nitrogens with two attached hydrogens (primary N) is 5. The monoisotopic (exact) mass is 800 g/mol. The number of aliphatic hydroxyl groups excluding tert-OH is 5. The maximum Gasteiger partial charge on any atom is 0.213 e. The highest BCUT2D eigenvalue weighted by atomic mass is 32.2. The minimum absolute atomic E-state index is 0.113. The molecule has 0 aromatic carbocycles. The van der Waals surface area contributed by atoms with E-state index in [-0.39, 0.29) is 19.5 Å². The number of hydrogen-bond donors (Lipinski definition) is 14. The Balaban J connectivity index is 1.31. The summed E-state index contributed by atoms with van der Waals surface area (Å²) in [5, 5.41) is 71.2. The second-order valence-electron chi connectivity index (χ2n) is 14.7. The lowest BCUT2D eigenvalue weighted by molar-refractivity contribution is -0.284. The van der Waals surface area contributed by atoms with Crippen molar-refractivity contribution in [2.75, 3.05) is 51.6 Å². The van der Waals surface area contributed by atoms with Gasteiger partial charge in [0.1, 0.15) is 48.8 Å². The number of ether oxygens (including phenoxy) is 6. The molecule has 3 saturated heterocycles. The Morgan fingerprint density at radius 3 is 2.17 bits per heavy atom. The molecule has 17 atom stereocenters. The van der Waals surface area contributed by atoms with E-state index in [1.807, 2.05) is 0 Å². The molecule has 0 aromatic heterocycles. The molecule has 22 nitrogen and oxygen atoms in total. The second kappa shape index (κ2) is 19.1. The van der Waals surface area contributed by atoms with Gasteiger partial charge in [0.15, 0.2) is 18.9 Å². The van der Waals surface area contributed by atoms with Crippen molar-refractivity contribution < 1.29 is 67.5 Å². The molecule has 0 bridgehead atoms. The molecular formula is C31H60N8O14S. The third-order valence-electron chi connectivity index (χ3n) is 10.6. The van der Waals surface area contributed by atoms with Gasteiger partial charge in [0.25, 0.3) is 0 Å². The van der Waals surface area contributed by atoms with Crippen LogP contribution in [0, 0.1) is 0 Å². The summed E-state index contributed by atoms with van der Waals surface area (Å²) in [5.41, 5.74) is 29.3. The number of hydrogen-bond acceptors (Lipinski definition) is 21. The molecule has 314 valence electrons. The van der Waals surface area contributed by atoms with Crippen LogP contribution in [0.5, 0.6) is 0 Å². The highest BCUT2D eigenvalue weighted by Crippen LogP contribution is 2.34. The Bertz CT molecular complexity index is 1320. The summed E-state index contributed by atoms with van der Waals surface area (Å²) in [6, 6.07) is -4.26. The van der Waals surface area contributed by atoms with Gasteiger partial charge in [-0.3, -0.25) is 0 Å². The van der Waals surface area contributed by atoms with E-state index in [2.05, 4.69) is 15.4 Å². The normalized spacial score (nSPS) is 44.4. The molecule has 1 aliphatic carbocycles. The maximum atomic E-state index is 12.7. The van der Waals surface area contributed by atoms with E-state index >= 15 is 0 Å². The van der Waals surface area contributed by atoms with Crippen LogP contribution in [0.3, 0.4) is 0 Å². The molecule has 5 rings (SSSR count). The fraction of sp³-hybridized carbons (Fsp3) is 0.935. The van der Waals surface area contributed by atoms with E-state index in [1.54, 1.807) is 12.2 Å². The van der Waals surface area contributed by atoms with E-state index in [4.69, 9.17) is 57.1 Å². The number of nitrogens with one attached hydrogen (secondary N) is 3. The van der Waals surface area contributed by atoms with Crippen molar-refractivity contribution in [3.8, 4) is 0 Å². The molecule has 0 radical (unpaired) electrons. The van der Waals surface area contributed by atoms with Crippen LogP contribution in [0.15, 0.2) is 12.2 Å². The molecule has 19 N–H and O–H groups in total. The lowest BCUT2D eigenvalue weighted by Gasteiger charge is -2.46. The third kappa shape index (κ3) is 10.5. The quantitative estimate of drug-likeness (QED) is 0.0644. The average molecular weight is 801 g/mol. The first-order valence-corrected chi connectivity index (χ1v) is 20.0. The number of aliphatic hydroxyl groups is 6. The SMILES string of the molecule is NCCS(=O)(=O)N[C@@H]1C[C@H](N)[C@@H](O[C@H]2O[C@H](CNCC3(O)CCNCC3)C=C[C@H]2N)[C@H](O[C@@H]2O[C@H](CO)[C@@H](O[C@H]3O[C@@H](CN)[C@@H](O)[C@H](O)[C@H]3N)[C@H]2O)[C@H]1O. The summed E-state index contributed by atoms with van der Waals surface area (Å²) in [7, 11) is -3.97. The summed E-state index contributed by atoms with van der Waals surface area (Å²) in [6.07, 6.45) is -12.8. The first kappa shape index (κ1) is 44.0. The summed E-state index contributed by atoms with van der Waals surface area (Å²) in [5.74, 6) is -0.429. The summed E-state index contributed by atoms with van der Waals surface area (Å²) in [4.78, 5) is 0. The average Bonchev–Trinajstić information content (AvgIpc) is 3.42. The molecule has 0 spiro atoms. The lowest BCUT2D eigenvalue weighted by atomic mass is 9.84. The minimum atomic E-state index is -3.97. The van der Waals surface area contributed by atoms with Crippen LogP contribution in [0.25, 0.3) is 0 Å². The van der Waals surface area contributed by atoms with Gasteiger partial charge in [-0.15, -0.1) is 0 Å². The van der Waals surface area contributed by atoms with Crippen LogP contribution in [-0.4, -0.2) is 200 Å². The van der Waals surface area contributed by atoms with Crippen molar-refractivity contribution in [3.63, 3.8) is 0 Å². The molecule has 4 heterocycles. The third-order valence-corrected chi connectivity index (χ3v) is 12.0. The van der Waals surface area contributed by atoms with Gasteiger partial charge in [0, 0.05) is 32.2 Å². The lowest BCUT2D eigenvalue weighted by Crippen LogP contribution is -2.66. The molecule has 1 saturated carbocycles. The maximum absolute atomic E-state index is 12.7. The summed E-state index contributed by atoms with van der Waals surface area (Å²) < 4.78 is 63.8. The highest BCUT2D eigenvalue weighted by molar-refractivity contribution is 7.89. The topological polar surface area (TPSA) is 377 Å². The van der Waals surface area contributed by atoms with Gasteiger partial charge in [-0.25, -0.2) is 13.1 Å². The van der Waals surface area contributed by atoms with Crippen LogP contribution in [0.4, 0.5) is 0 Å². The number of rotatable bonds is 16. The van der Waals surface area contributed by atoms with E-state index in [0.29, 0.717) is 39.0 Å². The van der Waals surface area contributed by atoms with Crippen LogP contribution in [-0.2, 0) is 38.4 Å². The molecule has 4 fully saturated rings. The Labute approximate surface area is 314 Å². The standard InChI is InChI=1S/C31H60N8O14S/c32-5-8-54(46,47)39-17-9-16(35)25(51-28-15(34)2-1-14(48-28)11-38-13-31(45)3-6-37-7-4-31)27(21(17)41)53-30-24(44)26(19(12-40)50-30)52-29-20(36)23(43)22(42)18(10-33)49-29/h1-2,14-30,37-45H,3-13,32-36H2/t14-,15+,16-,17+,18-,19+,20+,21-,22+,23+,24+,25+,26+,27+,28+,29+,30-/m0/s1. The Hall–Kier alpha value is -1.11. The molecular weight excluding hydrogens is 740 g/mol. The molecule has 23 heteroatoms. The van der Waals surface area contributed by atoms with Gasteiger partial charge in [-0.05, 0) is 32.4 Å². The predicted octanol–water partition coefficient (Wildman–Crippen LogP) is -8.40. The zero-order valence-electron chi connectivity index (χ0n) is 30.0. The smallest absolute Gasteiger partial charge is 0.213 e. The van der Waals surface area contributed by atoms with Crippen molar-refractivity contribution in [3.05, 3.63) is 12.2 Å². The van der Waals surface area contributed by atoms with E-state index < -0.39 is 132 Å². The Morgan fingerprint density at radius 2 is 1.50 bits per heavy atom. The van der Waals surface area contributed by atoms with Gasteiger partial charge in [0.05, 0.1) is 48.3 Å². The zero-order chi connectivity index (χ0) is 39.4. The Kier molecular flexibility index (Phi) is 15.6. The molecule has 0 unspecified atom stereocenters.